The van der Waals surface area contributed by atoms with E-state index < -0.39 is 6.10 Å². The number of aliphatic hydroxyl groups is 1. The fourth-order valence-corrected chi connectivity index (χ4v) is 7.37. The molecule has 4 aliphatic rings. The van der Waals surface area contributed by atoms with E-state index in [9.17, 15) is 14.7 Å². The van der Waals surface area contributed by atoms with Gasteiger partial charge in [0.1, 0.15) is 11.9 Å². The molecule has 0 amide bonds. The Bertz CT molecular complexity index is 586. The molecule has 0 radical (unpaired) electrons. The fourth-order valence-electron chi connectivity index (χ4n) is 7.37. The van der Waals surface area contributed by atoms with Crippen molar-refractivity contribution < 1.29 is 19.4 Å². The van der Waals surface area contributed by atoms with Gasteiger partial charge in [0.05, 0.1) is 6.10 Å². The summed E-state index contributed by atoms with van der Waals surface area (Å²) in [5, 5.41) is 10.7. The number of esters is 1. The number of carbonyl (C=O) groups is 2. The van der Waals surface area contributed by atoms with Gasteiger partial charge in [0.25, 0.3) is 0 Å². The minimum absolute atomic E-state index is 0.0854. The second kappa shape index (κ2) is 5.80. The van der Waals surface area contributed by atoms with E-state index in [1.165, 1.54) is 13.3 Å². The Morgan fingerprint density at radius 3 is 2.64 bits per heavy atom. The Morgan fingerprint density at radius 1 is 1.16 bits per heavy atom. The van der Waals surface area contributed by atoms with Gasteiger partial charge in [-0.25, -0.2) is 0 Å². The average molecular weight is 348 g/mol. The topological polar surface area (TPSA) is 63.6 Å². The van der Waals surface area contributed by atoms with E-state index in [0.717, 1.165) is 44.9 Å². The van der Waals surface area contributed by atoms with E-state index in [1.807, 2.05) is 0 Å². The van der Waals surface area contributed by atoms with Crippen molar-refractivity contribution >= 4 is 11.8 Å². The zero-order chi connectivity index (χ0) is 18.0. The van der Waals surface area contributed by atoms with Crippen LogP contribution < -0.4 is 0 Å². The van der Waals surface area contributed by atoms with Gasteiger partial charge in [-0.2, -0.15) is 0 Å². The zero-order valence-electron chi connectivity index (χ0n) is 15.8. The van der Waals surface area contributed by atoms with Crippen LogP contribution in [0.1, 0.15) is 72.1 Å². The first-order valence-corrected chi connectivity index (χ1v) is 10.1. The lowest BCUT2D eigenvalue weighted by Crippen LogP contribution is -2.57. The lowest BCUT2D eigenvalue weighted by atomic mass is 9.45. The highest BCUT2D eigenvalue weighted by Gasteiger charge is 2.61. The van der Waals surface area contributed by atoms with Gasteiger partial charge in [0.15, 0.2) is 0 Å². The molecule has 0 aliphatic heterocycles. The summed E-state index contributed by atoms with van der Waals surface area (Å²) in [4.78, 5) is 23.8. The van der Waals surface area contributed by atoms with Crippen molar-refractivity contribution in [3.63, 3.8) is 0 Å². The lowest BCUT2D eigenvalue weighted by Gasteiger charge is -2.60. The molecule has 140 valence electrons. The van der Waals surface area contributed by atoms with Crippen molar-refractivity contribution in [1.29, 1.82) is 0 Å². The van der Waals surface area contributed by atoms with E-state index in [-0.39, 0.29) is 22.9 Å². The molecule has 4 rings (SSSR count). The van der Waals surface area contributed by atoms with Crippen molar-refractivity contribution in [1.82, 2.24) is 0 Å². The maximum Gasteiger partial charge on any atom is 0.302 e. The number of Topliss-reactive ketones (excluding diaryl/α,β-unsaturated/α-hetero) is 1. The first kappa shape index (κ1) is 17.5. The maximum absolute atomic E-state index is 12.5. The molecule has 8 atom stereocenters. The molecule has 4 nitrogen and oxygen atoms in total. The third kappa shape index (κ3) is 2.50. The molecule has 0 saturated heterocycles. The van der Waals surface area contributed by atoms with Crippen LogP contribution in [0.5, 0.6) is 0 Å². The van der Waals surface area contributed by atoms with Gasteiger partial charge in [-0.05, 0) is 74.0 Å². The van der Waals surface area contributed by atoms with E-state index >= 15 is 0 Å². The minimum Gasteiger partial charge on any atom is -0.460 e. The summed E-state index contributed by atoms with van der Waals surface area (Å²) in [6, 6.07) is 0. The Labute approximate surface area is 150 Å². The highest BCUT2D eigenvalue weighted by atomic mass is 16.6. The van der Waals surface area contributed by atoms with Gasteiger partial charge < -0.3 is 9.84 Å². The van der Waals surface area contributed by atoms with Gasteiger partial charge in [-0.15, -0.1) is 0 Å². The number of ether oxygens (including phenoxy) is 1. The van der Waals surface area contributed by atoms with Gasteiger partial charge in [0, 0.05) is 18.8 Å². The van der Waals surface area contributed by atoms with Gasteiger partial charge >= 0.3 is 5.97 Å². The monoisotopic (exact) mass is 348 g/mol. The third-order valence-corrected chi connectivity index (χ3v) is 8.69. The van der Waals surface area contributed by atoms with Gasteiger partial charge in [0.2, 0.25) is 0 Å². The lowest BCUT2D eigenvalue weighted by molar-refractivity contribution is -0.180. The second-order valence-electron chi connectivity index (χ2n) is 9.73. The van der Waals surface area contributed by atoms with Crippen LogP contribution >= 0.6 is 0 Å². The molecule has 0 aromatic carbocycles. The number of carbonyl (C=O) groups excluding carboxylic acids is 2. The number of ketones is 1. The van der Waals surface area contributed by atoms with Crippen molar-refractivity contribution in [2.75, 3.05) is 0 Å². The maximum atomic E-state index is 12.5. The summed E-state index contributed by atoms with van der Waals surface area (Å²) in [6.07, 6.45) is 6.93. The summed E-state index contributed by atoms with van der Waals surface area (Å²) >= 11 is 0. The van der Waals surface area contributed by atoms with Crippen LogP contribution in [-0.4, -0.2) is 29.1 Å². The van der Waals surface area contributed by atoms with Gasteiger partial charge in [-0.1, -0.05) is 13.8 Å². The summed E-state index contributed by atoms with van der Waals surface area (Å²) in [6.45, 7) is 6.00. The zero-order valence-corrected chi connectivity index (χ0v) is 15.8. The summed E-state index contributed by atoms with van der Waals surface area (Å²) < 4.78 is 5.40. The standard InChI is InChI=1S/C21H32O4/c1-12(22)25-18-10-13-4-5-14-15-6-7-19(24)20(15,2)9-8-16(14)21(13,3)11-17(18)23/h13-18,23H,4-11H2,1-3H3/t13-,14-,15-,16-,17+,18-,20-,21-/m0/s1. The predicted octanol–water partition coefficient (Wildman–Crippen LogP) is 3.50. The summed E-state index contributed by atoms with van der Waals surface area (Å²) in [5.41, 5.74) is 0.0316. The van der Waals surface area contributed by atoms with Crippen molar-refractivity contribution in [3.8, 4) is 0 Å². The molecular weight excluding hydrogens is 316 g/mol. The van der Waals surface area contributed by atoms with Crippen molar-refractivity contribution in [2.45, 2.75) is 84.3 Å². The molecule has 0 bridgehead atoms. The Balaban J connectivity index is 1.58. The molecule has 4 saturated carbocycles. The van der Waals surface area contributed by atoms with Crippen LogP contribution in [0.15, 0.2) is 0 Å². The number of rotatable bonds is 1. The molecule has 0 spiro atoms. The van der Waals surface area contributed by atoms with Crippen LogP contribution in [0.3, 0.4) is 0 Å². The van der Waals surface area contributed by atoms with E-state index in [1.54, 1.807) is 0 Å². The van der Waals surface area contributed by atoms with E-state index in [4.69, 9.17) is 4.74 Å². The molecule has 0 aromatic rings. The van der Waals surface area contributed by atoms with Crippen LogP contribution in [0.25, 0.3) is 0 Å². The number of hydrogen-bond donors (Lipinski definition) is 1. The molecule has 1 N–H and O–H groups in total. The molecule has 25 heavy (non-hydrogen) atoms. The molecule has 0 aromatic heterocycles. The van der Waals surface area contributed by atoms with E-state index in [2.05, 4.69) is 13.8 Å². The molecular formula is C21H32O4. The first-order chi connectivity index (χ1) is 11.8. The largest absolute Gasteiger partial charge is 0.460 e. The average Bonchev–Trinajstić information content (AvgIpc) is 2.83. The molecule has 4 heteroatoms. The smallest absolute Gasteiger partial charge is 0.302 e. The highest BCUT2D eigenvalue weighted by molar-refractivity contribution is 5.87. The second-order valence-corrected chi connectivity index (χ2v) is 9.73. The minimum atomic E-state index is -0.553. The summed E-state index contributed by atoms with van der Waals surface area (Å²) in [5.74, 6) is 2.48. The SMILES string of the molecule is CC(=O)O[C@H]1C[C@@H]2CC[C@@H]3[C@H](CC[C@]4(C)C(=O)CC[C@@H]34)[C@@]2(C)C[C@H]1O. The Morgan fingerprint density at radius 2 is 1.92 bits per heavy atom. The van der Waals surface area contributed by atoms with E-state index in [0.29, 0.717) is 29.5 Å². The number of aliphatic hydroxyl groups excluding tert-OH is 1. The van der Waals surface area contributed by atoms with Crippen molar-refractivity contribution in [3.05, 3.63) is 0 Å². The Kier molecular flexibility index (Phi) is 4.06. The van der Waals surface area contributed by atoms with Crippen LogP contribution in [-0.2, 0) is 14.3 Å². The molecule has 4 fully saturated rings. The number of fused-ring (bicyclic) bond motifs is 5. The quantitative estimate of drug-likeness (QED) is 0.737. The highest BCUT2D eigenvalue weighted by Crippen LogP contribution is 2.65. The third-order valence-electron chi connectivity index (χ3n) is 8.69. The Hall–Kier alpha value is -0.900. The van der Waals surface area contributed by atoms with Crippen LogP contribution in [0, 0.1) is 34.5 Å². The summed E-state index contributed by atoms with van der Waals surface area (Å²) in [7, 11) is 0. The van der Waals surface area contributed by atoms with Crippen LogP contribution in [0.4, 0.5) is 0 Å². The molecule has 0 heterocycles. The van der Waals surface area contributed by atoms with Crippen molar-refractivity contribution in [2.24, 2.45) is 34.5 Å². The molecule has 0 unspecified atom stereocenters. The molecule has 4 aliphatic carbocycles. The normalized spacial score (nSPS) is 52.1. The number of hydrogen-bond acceptors (Lipinski definition) is 4. The predicted molar refractivity (Wildman–Crippen MR) is 93.7 cm³/mol. The van der Waals surface area contributed by atoms with Gasteiger partial charge in [-0.3, -0.25) is 9.59 Å². The fraction of sp³-hybridized carbons (Fsp3) is 0.905. The first-order valence-electron chi connectivity index (χ1n) is 10.1. The van der Waals surface area contributed by atoms with Crippen LogP contribution in [0.2, 0.25) is 0 Å².